The number of halogens is 2. The second kappa shape index (κ2) is 8.21. The minimum atomic E-state index is -2.95. The summed E-state index contributed by atoms with van der Waals surface area (Å²) < 4.78 is 34.2. The van der Waals surface area contributed by atoms with Crippen LogP contribution < -0.4 is 15.4 Å². The third-order valence-electron chi connectivity index (χ3n) is 3.35. The summed E-state index contributed by atoms with van der Waals surface area (Å²) in [5.74, 6) is -0.512. The fourth-order valence-corrected chi connectivity index (χ4v) is 3.42. The molecule has 2 rings (SSSR count). The Bertz CT molecular complexity index is 794. The number of rotatable bonds is 5. The van der Waals surface area contributed by atoms with Crippen LogP contribution in [-0.2, 0) is 4.74 Å². The van der Waals surface area contributed by atoms with Crippen LogP contribution >= 0.6 is 23.6 Å². The van der Waals surface area contributed by atoms with Gasteiger partial charge in [0, 0.05) is 4.88 Å². The standard InChI is InChI=1S/C16H16F2N2O3S2/c1-8-9(2)25-13(12(8)14(21)22-3)20-16(24)19-10-6-4-5-7-11(10)23-15(17)18/h4-7,15H,1-3H3,(H2,19,20,24). The van der Waals surface area contributed by atoms with Crippen LogP contribution in [0.4, 0.5) is 19.5 Å². The van der Waals surface area contributed by atoms with Crippen LogP contribution in [0.15, 0.2) is 24.3 Å². The van der Waals surface area contributed by atoms with Gasteiger partial charge in [-0.3, -0.25) is 0 Å². The Kier molecular flexibility index (Phi) is 6.27. The molecule has 0 saturated carbocycles. The van der Waals surface area contributed by atoms with E-state index in [9.17, 15) is 13.6 Å². The predicted molar refractivity (Wildman–Crippen MR) is 98.0 cm³/mol. The first-order valence-electron chi connectivity index (χ1n) is 7.13. The number of para-hydroxylation sites is 2. The van der Waals surface area contributed by atoms with Crippen LogP contribution in [0.1, 0.15) is 20.8 Å². The molecule has 134 valence electrons. The third kappa shape index (κ3) is 4.64. The number of thiophene rings is 1. The first-order chi connectivity index (χ1) is 11.8. The number of carbonyl (C=O) groups is 1. The summed E-state index contributed by atoms with van der Waals surface area (Å²) in [5, 5.41) is 6.36. The molecular weight excluding hydrogens is 370 g/mol. The molecule has 0 saturated heterocycles. The molecule has 0 aliphatic carbocycles. The first-order valence-corrected chi connectivity index (χ1v) is 8.36. The molecule has 0 bridgehead atoms. The molecule has 0 amide bonds. The van der Waals surface area contributed by atoms with E-state index in [1.807, 2.05) is 13.8 Å². The van der Waals surface area contributed by atoms with Crippen molar-refractivity contribution in [2.24, 2.45) is 0 Å². The summed E-state index contributed by atoms with van der Waals surface area (Å²) in [5.41, 5.74) is 1.47. The monoisotopic (exact) mass is 386 g/mol. The van der Waals surface area contributed by atoms with E-state index in [-0.39, 0.29) is 16.5 Å². The molecule has 9 heteroatoms. The normalized spacial score (nSPS) is 10.5. The van der Waals surface area contributed by atoms with E-state index < -0.39 is 12.6 Å². The van der Waals surface area contributed by atoms with Gasteiger partial charge in [0.25, 0.3) is 0 Å². The number of alkyl halides is 2. The fraction of sp³-hybridized carbons (Fsp3) is 0.250. The van der Waals surface area contributed by atoms with Crippen molar-refractivity contribution in [3.63, 3.8) is 0 Å². The van der Waals surface area contributed by atoms with Gasteiger partial charge in [0.1, 0.15) is 10.8 Å². The van der Waals surface area contributed by atoms with Gasteiger partial charge in [-0.2, -0.15) is 8.78 Å². The Labute approximate surface area is 152 Å². The molecule has 1 aromatic heterocycles. The lowest BCUT2D eigenvalue weighted by Crippen LogP contribution is -2.20. The summed E-state index contributed by atoms with van der Waals surface area (Å²) in [6, 6.07) is 6.18. The van der Waals surface area contributed by atoms with Gasteiger partial charge in [-0.1, -0.05) is 12.1 Å². The highest BCUT2D eigenvalue weighted by Crippen LogP contribution is 2.33. The van der Waals surface area contributed by atoms with Crippen LogP contribution in [0.25, 0.3) is 0 Å². The molecule has 2 N–H and O–H groups in total. The van der Waals surface area contributed by atoms with Crippen LogP contribution in [-0.4, -0.2) is 24.8 Å². The average molecular weight is 386 g/mol. The zero-order valence-electron chi connectivity index (χ0n) is 13.7. The molecule has 0 fully saturated rings. The molecule has 25 heavy (non-hydrogen) atoms. The number of aryl methyl sites for hydroxylation is 1. The molecule has 0 spiro atoms. The molecule has 0 aliphatic heterocycles. The Balaban J connectivity index is 2.19. The maximum absolute atomic E-state index is 12.5. The summed E-state index contributed by atoms with van der Waals surface area (Å²) >= 11 is 6.56. The smallest absolute Gasteiger partial charge is 0.387 e. The van der Waals surface area contributed by atoms with Crippen LogP contribution in [0.5, 0.6) is 5.75 Å². The Hall–Kier alpha value is -2.26. The third-order valence-corrected chi connectivity index (χ3v) is 4.68. The van der Waals surface area contributed by atoms with Crippen molar-refractivity contribution in [1.29, 1.82) is 0 Å². The maximum Gasteiger partial charge on any atom is 0.387 e. The zero-order valence-corrected chi connectivity index (χ0v) is 15.3. The maximum atomic E-state index is 12.5. The van der Waals surface area contributed by atoms with E-state index >= 15 is 0 Å². The van der Waals surface area contributed by atoms with Crippen molar-refractivity contribution in [2.45, 2.75) is 20.5 Å². The number of nitrogens with one attached hydrogen (secondary N) is 2. The van der Waals surface area contributed by atoms with Crippen LogP contribution in [0.3, 0.4) is 0 Å². The number of hydrogen-bond donors (Lipinski definition) is 2. The van der Waals surface area contributed by atoms with E-state index in [0.29, 0.717) is 10.6 Å². The largest absolute Gasteiger partial charge is 0.465 e. The van der Waals surface area contributed by atoms with Gasteiger partial charge in [-0.05, 0) is 43.8 Å². The Morgan fingerprint density at radius 1 is 1.24 bits per heavy atom. The van der Waals surface area contributed by atoms with Crippen molar-refractivity contribution in [3.05, 3.63) is 40.3 Å². The number of anilines is 2. The van der Waals surface area contributed by atoms with Crippen molar-refractivity contribution in [3.8, 4) is 5.75 Å². The lowest BCUT2D eigenvalue weighted by molar-refractivity contribution is -0.0493. The molecule has 2 aromatic rings. The van der Waals surface area contributed by atoms with Gasteiger partial charge in [0.15, 0.2) is 5.11 Å². The van der Waals surface area contributed by atoms with Gasteiger partial charge in [-0.25, -0.2) is 4.79 Å². The quantitative estimate of drug-likeness (QED) is 0.580. The molecule has 0 unspecified atom stereocenters. The molecule has 1 aromatic carbocycles. The number of hydrogen-bond acceptors (Lipinski definition) is 5. The molecule has 1 heterocycles. The molecule has 5 nitrogen and oxygen atoms in total. The van der Waals surface area contributed by atoms with E-state index in [1.54, 1.807) is 18.2 Å². The summed E-state index contributed by atoms with van der Waals surface area (Å²) in [6.07, 6.45) is 0. The van der Waals surface area contributed by atoms with Crippen LogP contribution in [0, 0.1) is 13.8 Å². The minimum absolute atomic E-state index is 0.0339. The van der Waals surface area contributed by atoms with Crippen molar-refractivity contribution in [1.82, 2.24) is 0 Å². The molecule has 0 radical (unpaired) electrons. The Morgan fingerprint density at radius 3 is 2.56 bits per heavy atom. The fourth-order valence-electron chi connectivity index (χ4n) is 2.09. The number of benzene rings is 1. The van der Waals surface area contributed by atoms with Gasteiger partial charge in [0.05, 0.1) is 18.4 Å². The van der Waals surface area contributed by atoms with E-state index in [2.05, 4.69) is 15.4 Å². The average Bonchev–Trinajstić information content (AvgIpc) is 2.82. The highest BCUT2D eigenvalue weighted by Gasteiger charge is 2.21. The topological polar surface area (TPSA) is 59.6 Å². The number of ether oxygens (including phenoxy) is 2. The van der Waals surface area contributed by atoms with Crippen molar-refractivity contribution < 1.29 is 23.0 Å². The number of esters is 1. The molecule has 0 atom stereocenters. The predicted octanol–water partition coefficient (Wildman–Crippen LogP) is 4.56. The van der Waals surface area contributed by atoms with Gasteiger partial charge in [0.2, 0.25) is 0 Å². The Morgan fingerprint density at radius 2 is 1.92 bits per heavy atom. The van der Waals surface area contributed by atoms with E-state index in [0.717, 1.165) is 10.4 Å². The van der Waals surface area contributed by atoms with Gasteiger partial charge >= 0.3 is 12.6 Å². The lowest BCUT2D eigenvalue weighted by Gasteiger charge is -2.14. The van der Waals surface area contributed by atoms with Gasteiger partial charge in [-0.15, -0.1) is 11.3 Å². The van der Waals surface area contributed by atoms with Crippen LogP contribution in [0.2, 0.25) is 0 Å². The second-order valence-corrected chi connectivity index (χ2v) is 6.57. The highest BCUT2D eigenvalue weighted by atomic mass is 32.1. The van der Waals surface area contributed by atoms with E-state index in [4.69, 9.17) is 17.0 Å². The van der Waals surface area contributed by atoms with E-state index in [1.165, 1.54) is 24.5 Å². The number of thiocarbonyl (C=S) groups is 1. The molecular formula is C16H16F2N2O3S2. The summed E-state index contributed by atoms with van der Waals surface area (Å²) in [4.78, 5) is 12.9. The summed E-state index contributed by atoms with van der Waals surface area (Å²) in [7, 11) is 1.30. The number of carbonyl (C=O) groups excluding carboxylic acids is 1. The number of methoxy groups -OCH3 is 1. The SMILES string of the molecule is COC(=O)c1c(NC(=S)Nc2ccccc2OC(F)F)sc(C)c1C. The zero-order chi connectivity index (χ0) is 18.6. The van der Waals surface area contributed by atoms with Gasteiger partial charge < -0.3 is 20.1 Å². The summed E-state index contributed by atoms with van der Waals surface area (Å²) in [6.45, 7) is 0.740. The second-order valence-electron chi connectivity index (χ2n) is 4.93. The lowest BCUT2D eigenvalue weighted by atomic mass is 10.1. The van der Waals surface area contributed by atoms with Crippen molar-refractivity contribution >= 4 is 45.3 Å². The minimum Gasteiger partial charge on any atom is -0.465 e. The molecule has 0 aliphatic rings. The van der Waals surface area contributed by atoms with Crippen molar-refractivity contribution in [2.75, 3.05) is 17.7 Å². The highest BCUT2D eigenvalue weighted by molar-refractivity contribution is 7.80. The first kappa shape index (κ1) is 19.1.